The highest BCUT2D eigenvalue weighted by atomic mass is 16.5. The minimum atomic E-state index is 0.771. The lowest BCUT2D eigenvalue weighted by Crippen LogP contribution is -2.32. The van der Waals surface area contributed by atoms with Crippen molar-refractivity contribution >= 4 is 0 Å². The molecule has 1 aliphatic rings. The Balaban J connectivity index is 1.73. The number of nitrogens with one attached hydrogen (secondary N) is 1. The van der Waals surface area contributed by atoms with E-state index in [4.69, 9.17) is 4.74 Å². The Bertz CT molecular complexity index is 166. The van der Waals surface area contributed by atoms with Crippen LogP contribution in [0.5, 0.6) is 0 Å². The molecule has 18 heavy (non-hydrogen) atoms. The largest absolute Gasteiger partial charge is 0.381 e. The van der Waals surface area contributed by atoms with Crippen molar-refractivity contribution in [3.63, 3.8) is 0 Å². The summed E-state index contributed by atoms with van der Waals surface area (Å²) in [6.07, 6.45) is 13.7. The van der Waals surface area contributed by atoms with Crippen molar-refractivity contribution in [3.8, 4) is 0 Å². The van der Waals surface area contributed by atoms with Crippen LogP contribution in [-0.4, -0.2) is 26.3 Å². The second-order valence-electron chi connectivity index (χ2n) is 5.76. The standard InChI is InChI=1S/C16H33NO/c1-2-3-4-5-6-7-8-9-13-18-15-16-11-10-12-17-14-16/h16-17H,2-15H2,1H3. The molecule has 2 nitrogen and oxygen atoms in total. The van der Waals surface area contributed by atoms with E-state index in [2.05, 4.69) is 12.2 Å². The average molecular weight is 255 g/mol. The second-order valence-corrected chi connectivity index (χ2v) is 5.76. The Morgan fingerprint density at radius 2 is 1.72 bits per heavy atom. The summed E-state index contributed by atoms with van der Waals surface area (Å²) in [5.41, 5.74) is 0. The highest BCUT2D eigenvalue weighted by molar-refractivity contribution is 4.68. The van der Waals surface area contributed by atoms with Crippen molar-refractivity contribution < 1.29 is 4.74 Å². The van der Waals surface area contributed by atoms with E-state index in [0.29, 0.717) is 0 Å². The van der Waals surface area contributed by atoms with E-state index >= 15 is 0 Å². The first kappa shape index (κ1) is 16.0. The van der Waals surface area contributed by atoms with Gasteiger partial charge in [-0.1, -0.05) is 51.9 Å². The Labute approximate surface area is 114 Å². The lowest BCUT2D eigenvalue weighted by atomic mass is 10.0. The fourth-order valence-corrected chi connectivity index (χ4v) is 2.65. The minimum Gasteiger partial charge on any atom is -0.381 e. The van der Waals surface area contributed by atoms with E-state index in [1.807, 2.05) is 0 Å². The predicted octanol–water partition coefficient (Wildman–Crippen LogP) is 4.14. The van der Waals surface area contributed by atoms with Crippen LogP contribution in [0.15, 0.2) is 0 Å². The van der Waals surface area contributed by atoms with Gasteiger partial charge in [0.15, 0.2) is 0 Å². The van der Waals surface area contributed by atoms with Crippen molar-refractivity contribution in [1.29, 1.82) is 0 Å². The first-order chi connectivity index (χ1) is 8.93. The SMILES string of the molecule is CCCCCCCCCCOCC1CCCNC1. The molecule has 0 aromatic rings. The normalized spacial score (nSPS) is 20.2. The number of hydrogen-bond acceptors (Lipinski definition) is 2. The van der Waals surface area contributed by atoms with Crippen LogP contribution in [0.2, 0.25) is 0 Å². The molecule has 1 rings (SSSR count). The van der Waals surface area contributed by atoms with Gasteiger partial charge < -0.3 is 10.1 Å². The molecule has 1 heterocycles. The zero-order valence-corrected chi connectivity index (χ0v) is 12.4. The molecule has 0 spiro atoms. The lowest BCUT2D eigenvalue weighted by molar-refractivity contribution is 0.0869. The molecule has 0 amide bonds. The summed E-state index contributed by atoms with van der Waals surface area (Å²) < 4.78 is 5.78. The molecule has 0 aromatic heterocycles. The highest BCUT2D eigenvalue weighted by Crippen LogP contribution is 2.11. The van der Waals surface area contributed by atoms with Gasteiger partial charge >= 0.3 is 0 Å². The zero-order chi connectivity index (χ0) is 12.9. The summed E-state index contributed by atoms with van der Waals surface area (Å²) in [6, 6.07) is 0. The van der Waals surface area contributed by atoms with E-state index < -0.39 is 0 Å². The van der Waals surface area contributed by atoms with Crippen LogP contribution < -0.4 is 5.32 Å². The van der Waals surface area contributed by atoms with Gasteiger partial charge in [-0.15, -0.1) is 0 Å². The van der Waals surface area contributed by atoms with Crippen LogP contribution >= 0.6 is 0 Å². The number of ether oxygens (including phenoxy) is 1. The lowest BCUT2D eigenvalue weighted by Gasteiger charge is -2.22. The molecule has 1 saturated heterocycles. The maximum atomic E-state index is 5.78. The molecule has 0 bridgehead atoms. The predicted molar refractivity (Wildman–Crippen MR) is 79.0 cm³/mol. The number of hydrogen-bond donors (Lipinski definition) is 1. The van der Waals surface area contributed by atoms with Gasteiger partial charge in [-0.25, -0.2) is 0 Å². The minimum absolute atomic E-state index is 0.771. The monoisotopic (exact) mass is 255 g/mol. The summed E-state index contributed by atoms with van der Waals surface area (Å²) in [4.78, 5) is 0. The fraction of sp³-hybridized carbons (Fsp3) is 1.00. The highest BCUT2D eigenvalue weighted by Gasteiger charge is 2.12. The van der Waals surface area contributed by atoms with Gasteiger partial charge in [-0.3, -0.25) is 0 Å². The smallest absolute Gasteiger partial charge is 0.0506 e. The molecule has 2 heteroatoms. The van der Waals surface area contributed by atoms with Crippen LogP contribution in [0, 0.1) is 5.92 Å². The van der Waals surface area contributed by atoms with Crippen LogP contribution in [0.4, 0.5) is 0 Å². The molecule has 1 N–H and O–H groups in total. The summed E-state index contributed by atoms with van der Waals surface area (Å²) in [6.45, 7) is 6.60. The van der Waals surface area contributed by atoms with Crippen LogP contribution in [0.25, 0.3) is 0 Å². The molecule has 0 aromatic carbocycles. The van der Waals surface area contributed by atoms with Gasteiger partial charge in [-0.05, 0) is 31.7 Å². The molecule has 1 unspecified atom stereocenters. The molecule has 0 radical (unpaired) electrons. The van der Waals surface area contributed by atoms with Crippen LogP contribution in [0.1, 0.15) is 71.1 Å². The third-order valence-electron chi connectivity index (χ3n) is 3.89. The quantitative estimate of drug-likeness (QED) is 0.560. The van der Waals surface area contributed by atoms with E-state index in [1.165, 1.54) is 70.8 Å². The van der Waals surface area contributed by atoms with Gasteiger partial charge in [0.05, 0.1) is 6.61 Å². The van der Waals surface area contributed by atoms with Crippen molar-refractivity contribution in [2.45, 2.75) is 71.1 Å². The Morgan fingerprint density at radius 1 is 1.00 bits per heavy atom. The molecule has 0 aliphatic carbocycles. The maximum Gasteiger partial charge on any atom is 0.0506 e. The molecule has 1 fully saturated rings. The third kappa shape index (κ3) is 8.93. The van der Waals surface area contributed by atoms with Crippen LogP contribution in [0.3, 0.4) is 0 Å². The second kappa shape index (κ2) is 12.0. The molecular formula is C16H33NO. The van der Waals surface area contributed by atoms with Gasteiger partial charge in [0.25, 0.3) is 0 Å². The topological polar surface area (TPSA) is 21.3 Å². The van der Waals surface area contributed by atoms with Gasteiger partial charge in [-0.2, -0.15) is 0 Å². The summed E-state index contributed by atoms with van der Waals surface area (Å²) in [5, 5.41) is 3.44. The van der Waals surface area contributed by atoms with E-state index in [0.717, 1.165) is 25.7 Å². The zero-order valence-electron chi connectivity index (χ0n) is 12.4. The molecule has 1 atom stereocenters. The van der Waals surface area contributed by atoms with Gasteiger partial charge in [0, 0.05) is 13.2 Å². The Kier molecular flexibility index (Phi) is 10.6. The Hall–Kier alpha value is -0.0800. The van der Waals surface area contributed by atoms with E-state index in [9.17, 15) is 0 Å². The van der Waals surface area contributed by atoms with E-state index in [1.54, 1.807) is 0 Å². The maximum absolute atomic E-state index is 5.78. The van der Waals surface area contributed by atoms with E-state index in [-0.39, 0.29) is 0 Å². The third-order valence-corrected chi connectivity index (χ3v) is 3.89. The molecule has 0 saturated carbocycles. The number of piperidine rings is 1. The first-order valence-electron chi connectivity index (χ1n) is 8.22. The first-order valence-corrected chi connectivity index (χ1v) is 8.22. The van der Waals surface area contributed by atoms with Crippen molar-refractivity contribution in [3.05, 3.63) is 0 Å². The van der Waals surface area contributed by atoms with Crippen LogP contribution in [-0.2, 0) is 4.74 Å². The molecule has 108 valence electrons. The van der Waals surface area contributed by atoms with Gasteiger partial charge in [0.2, 0.25) is 0 Å². The summed E-state index contributed by atoms with van der Waals surface area (Å²) in [5.74, 6) is 0.771. The van der Waals surface area contributed by atoms with Crippen molar-refractivity contribution in [2.75, 3.05) is 26.3 Å². The molecule has 1 aliphatic heterocycles. The molecular weight excluding hydrogens is 222 g/mol. The Morgan fingerprint density at radius 3 is 2.39 bits per heavy atom. The summed E-state index contributed by atoms with van der Waals surface area (Å²) in [7, 11) is 0. The summed E-state index contributed by atoms with van der Waals surface area (Å²) >= 11 is 0. The number of rotatable bonds is 11. The fourth-order valence-electron chi connectivity index (χ4n) is 2.65. The van der Waals surface area contributed by atoms with Crippen molar-refractivity contribution in [2.24, 2.45) is 5.92 Å². The van der Waals surface area contributed by atoms with Crippen molar-refractivity contribution in [1.82, 2.24) is 5.32 Å². The average Bonchev–Trinajstić information content (AvgIpc) is 2.42. The van der Waals surface area contributed by atoms with Gasteiger partial charge in [0.1, 0.15) is 0 Å². The number of unbranched alkanes of at least 4 members (excludes halogenated alkanes) is 7.